The van der Waals surface area contributed by atoms with Gasteiger partial charge in [-0.2, -0.15) is 0 Å². The fraction of sp³-hybridized carbons (Fsp3) is 0.353. The molecule has 2 aromatic rings. The van der Waals surface area contributed by atoms with Crippen molar-refractivity contribution in [2.24, 2.45) is 0 Å². The van der Waals surface area contributed by atoms with Crippen LogP contribution in [-0.2, 0) is 4.74 Å². The van der Waals surface area contributed by atoms with E-state index in [0.29, 0.717) is 5.75 Å². The summed E-state index contributed by atoms with van der Waals surface area (Å²) in [6.07, 6.45) is 1.80. The van der Waals surface area contributed by atoms with Gasteiger partial charge in [-0.3, -0.25) is 0 Å². The maximum Gasteiger partial charge on any atom is 0.131 e. The number of benzene rings is 1. The van der Waals surface area contributed by atoms with E-state index in [4.69, 9.17) is 9.47 Å². The van der Waals surface area contributed by atoms with Crippen LogP contribution in [0, 0.1) is 6.92 Å². The van der Waals surface area contributed by atoms with Gasteiger partial charge in [0.2, 0.25) is 0 Å². The van der Waals surface area contributed by atoms with Crippen LogP contribution >= 0.6 is 0 Å². The summed E-state index contributed by atoms with van der Waals surface area (Å²) in [5.41, 5.74) is 2.69. The summed E-state index contributed by atoms with van der Waals surface area (Å²) in [7, 11) is 1.61. The topological polar surface area (TPSA) is 54.8 Å². The number of aromatic hydroxyl groups is 1. The molecule has 1 aliphatic heterocycles. The lowest BCUT2D eigenvalue weighted by molar-refractivity contribution is 0.122. The van der Waals surface area contributed by atoms with Crippen LogP contribution in [0.15, 0.2) is 30.5 Å². The van der Waals surface area contributed by atoms with Gasteiger partial charge < -0.3 is 19.5 Å². The smallest absolute Gasteiger partial charge is 0.131 e. The van der Waals surface area contributed by atoms with Crippen molar-refractivity contribution in [3.05, 3.63) is 36.0 Å². The number of morpholine rings is 1. The third kappa shape index (κ3) is 2.85. The van der Waals surface area contributed by atoms with E-state index in [-0.39, 0.29) is 5.75 Å². The number of ether oxygens (including phenoxy) is 2. The predicted octanol–water partition coefficient (Wildman–Crippen LogP) is 2.61. The van der Waals surface area contributed by atoms with Crippen molar-refractivity contribution in [1.29, 1.82) is 0 Å². The number of aromatic nitrogens is 1. The van der Waals surface area contributed by atoms with Crippen LogP contribution in [0.3, 0.4) is 0 Å². The minimum atomic E-state index is 0.223. The molecule has 0 radical (unpaired) electrons. The van der Waals surface area contributed by atoms with Crippen LogP contribution in [0.2, 0.25) is 0 Å². The molecule has 1 aromatic carbocycles. The first kappa shape index (κ1) is 14.7. The number of hydrogen-bond donors (Lipinski definition) is 1. The monoisotopic (exact) mass is 300 g/mol. The molecule has 1 N–H and O–H groups in total. The summed E-state index contributed by atoms with van der Waals surface area (Å²) in [6.45, 7) is 5.23. The van der Waals surface area contributed by atoms with Crippen molar-refractivity contribution in [2.45, 2.75) is 6.92 Å². The molecule has 1 aliphatic rings. The molecule has 0 unspecified atom stereocenters. The molecule has 0 amide bonds. The highest BCUT2D eigenvalue weighted by atomic mass is 16.5. The van der Waals surface area contributed by atoms with Gasteiger partial charge in [-0.1, -0.05) is 0 Å². The van der Waals surface area contributed by atoms with Gasteiger partial charge in [0.1, 0.15) is 17.3 Å². The molecule has 1 fully saturated rings. The second kappa shape index (κ2) is 6.23. The summed E-state index contributed by atoms with van der Waals surface area (Å²) >= 11 is 0. The first-order chi connectivity index (χ1) is 10.7. The van der Waals surface area contributed by atoms with E-state index in [1.807, 2.05) is 19.1 Å². The molecule has 5 heteroatoms. The van der Waals surface area contributed by atoms with Gasteiger partial charge in [0.25, 0.3) is 0 Å². The van der Waals surface area contributed by atoms with Crippen molar-refractivity contribution >= 4 is 5.82 Å². The first-order valence-corrected chi connectivity index (χ1v) is 7.36. The lowest BCUT2D eigenvalue weighted by Crippen LogP contribution is -2.37. The molecular weight excluding hydrogens is 280 g/mol. The number of methoxy groups -OCH3 is 1. The van der Waals surface area contributed by atoms with Gasteiger partial charge in [-0.25, -0.2) is 4.98 Å². The number of nitrogens with zero attached hydrogens (tertiary/aromatic N) is 2. The third-order valence-corrected chi connectivity index (χ3v) is 3.88. The Morgan fingerprint density at radius 1 is 1.23 bits per heavy atom. The summed E-state index contributed by atoms with van der Waals surface area (Å²) in [5, 5.41) is 10.1. The zero-order valence-corrected chi connectivity index (χ0v) is 12.9. The zero-order chi connectivity index (χ0) is 15.5. The van der Waals surface area contributed by atoms with Gasteiger partial charge in [0.05, 0.1) is 20.3 Å². The Bertz CT molecular complexity index is 667. The van der Waals surface area contributed by atoms with Gasteiger partial charge >= 0.3 is 0 Å². The van der Waals surface area contributed by atoms with Gasteiger partial charge in [0.15, 0.2) is 0 Å². The molecule has 1 aromatic heterocycles. The second-order valence-electron chi connectivity index (χ2n) is 5.35. The largest absolute Gasteiger partial charge is 0.507 e. The van der Waals surface area contributed by atoms with E-state index in [1.165, 1.54) is 0 Å². The normalized spacial score (nSPS) is 14.9. The first-order valence-electron chi connectivity index (χ1n) is 7.36. The van der Waals surface area contributed by atoms with E-state index in [2.05, 4.69) is 9.88 Å². The highest BCUT2D eigenvalue weighted by Gasteiger charge is 2.16. The number of pyridine rings is 1. The molecular formula is C17H20N2O3. The predicted molar refractivity (Wildman–Crippen MR) is 85.7 cm³/mol. The molecule has 116 valence electrons. The number of aryl methyl sites for hydroxylation is 1. The Morgan fingerprint density at radius 3 is 2.68 bits per heavy atom. The second-order valence-corrected chi connectivity index (χ2v) is 5.35. The van der Waals surface area contributed by atoms with Crippen LogP contribution in [0.1, 0.15) is 5.56 Å². The lowest BCUT2D eigenvalue weighted by Gasteiger charge is -2.29. The van der Waals surface area contributed by atoms with E-state index in [9.17, 15) is 5.11 Å². The Kier molecular flexibility index (Phi) is 4.15. The van der Waals surface area contributed by atoms with E-state index >= 15 is 0 Å². The van der Waals surface area contributed by atoms with Gasteiger partial charge in [0, 0.05) is 30.4 Å². The van der Waals surface area contributed by atoms with E-state index < -0.39 is 0 Å². The minimum absolute atomic E-state index is 0.223. The quantitative estimate of drug-likeness (QED) is 0.944. The lowest BCUT2D eigenvalue weighted by atomic mass is 10.0. The molecule has 22 heavy (non-hydrogen) atoms. The Hall–Kier alpha value is -2.27. The Labute approximate surface area is 130 Å². The average molecular weight is 300 g/mol. The van der Waals surface area contributed by atoms with Crippen molar-refractivity contribution in [3.63, 3.8) is 0 Å². The Balaban J connectivity index is 1.94. The third-order valence-electron chi connectivity index (χ3n) is 3.88. The van der Waals surface area contributed by atoms with E-state index in [1.54, 1.807) is 25.4 Å². The van der Waals surface area contributed by atoms with Crippen molar-refractivity contribution in [1.82, 2.24) is 4.98 Å². The number of phenols is 1. The number of anilines is 1. The summed E-state index contributed by atoms with van der Waals surface area (Å²) in [4.78, 5) is 6.82. The number of phenolic OH excluding ortho intramolecular Hbond substituents is 1. The fourth-order valence-corrected chi connectivity index (χ4v) is 2.69. The summed E-state index contributed by atoms with van der Waals surface area (Å²) < 4.78 is 10.6. The molecule has 2 heterocycles. The summed E-state index contributed by atoms with van der Waals surface area (Å²) in [6, 6.07) is 7.24. The van der Waals surface area contributed by atoms with Gasteiger partial charge in [-0.15, -0.1) is 0 Å². The summed E-state index contributed by atoms with van der Waals surface area (Å²) in [5.74, 6) is 1.92. The molecule has 0 spiro atoms. The SMILES string of the molecule is COc1ccc(O)c(-c2cnc(N3CCOCC3)c(C)c2)c1. The van der Waals surface area contributed by atoms with Crippen LogP contribution in [0.5, 0.6) is 11.5 Å². The highest BCUT2D eigenvalue weighted by Crippen LogP contribution is 2.34. The van der Waals surface area contributed by atoms with Crippen molar-refractivity contribution < 1.29 is 14.6 Å². The van der Waals surface area contributed by atoms with Gasteiger partial charge in [-0.05, 0) is 36.8 Å². The zero-order valence-electron chi connectivity index (χ0n) is 12.9. The van der Waals surface area contributed by atoms with E-state index in [0.717, 1.165) is 48.8 Å². The standard InChI is InChI=1S/C17H20N2O3/c1-12-9-13(15-10-14(21-2)3-4-16(15)20)11-18-17(12)19-5-7-22-8-6-19/h3-4,9-11,20H,5-8H2,1-2H3. The molecule has 0 saturated carbocycles. The Morgan fingerprint density at radius 2 is 2.00 bits per heavy atom. The van der Waals surface area contributed by atoms with Crippen molar-refractivity contribution in [2.75, 3.05) is 38.3 Å². The molecule has 5 nitrogen and oxygen atoms in total. The number of hydrogen-bond acceptors (Lipinski definition) is 5. The van der Waals surface area contributed by atoms with Crippen LogP contribution in [-0.4, -0.2) is 43.5 Å². The molecule has 0 aliphatic carbocycles. The molecule has 1 saturated heterocycles. The maximum atomic E-state index is 10.1. The van der Waals surface area contributed by atoms with Crippen molar-refractivity contribution in [3.8, 4) is 22.6 Å². The average Bonchev–Trinajstić information content (AvgIpc) is 2.56. The van der Waals surface area contributed by atoms with Crippen LogP contribution in [0.25, 0.3) is 11.1 Å². The minimum Gasteiger partial charge on any atom is -0.507 e. The molecule has 0 atom stereocenters. The fourth-order valence-electron chi connectivity index (χ4n) is 2.69. The van der Waals surface area contributed by atoms with Crippen LogP contribution in [0.4, 0.5) is 5.82 Å². The van der Waals surface area contributed by atoms with Crippen LogP contribution < -0.4 is 9.64 Å². The highest BCUT2D eigenvalue weighted by molar-refractivity contribution is 5.73. The number of rotatable bonds is 3. The molecule has 0 bridgehead atoms. The molecule has 3 rings (SSSR count). The maximum absolute atomic E-state index is 10.1.